The number of aromatic amines is 1. The molecule has 8 heteroatoms. The monoisotopic (exact) mass is 446 g/mol. The van der Waals surface area contributed by atoms with E-state index in [9.17, 15) is 14.4 Å². The summed E-state index contributed by atoms with van der Waals surface area (Å²) >= 11 is 0. The van der Waals surface area contributed by atoms with Crippen molar-refractivity contribution in [3.8, 4) is 0 Å². The van der Waals surface area contributed by atoms with Crippen LogP contribution in [0.15, 0.2) is 64.7 Å². The molecule has 0 aliphatic carbocycles. The third kappa shape index (κ3) is 5.60. The predicted molar refractivity (Wildman–Crippen MR) is 130 cm³/mol. The molecule has 0 amide bonds. The topological polar surface area (TPSA) is 118 Å². The maximum absolute atomic E-state index is 12.2. The van der Waals surface area contributed by atoms with E-state index >= 15 is 0 Å². The smallest absolute Gasteiger partial charge is 0.329 e. The first-order chi connectivity index (χ1) is 15.7. The van der Waals surface area contributed by atoms with Crippen molar-refractivity contribution in [2.75, 3.05) is 0 Å². The molecule has 2 aromatic heterocycles. The number of carboxylic acid groups (broad SMARTS) is 1. The van der Waals surface area contributed by atoms with Gasteiger partial charge < -0.3 is 10.1 Å². The first-order valence-electron chi connectivity index (χ1n) is 10.6. The molecule has 0 spiro atoms. The highest BCUT2D eigenvalue weighted by Crippen LogP contribution is 2.18. The van der Waals surface area contributed by atoms with Crippen LogP contribution in [0.3, 0.4) is 0 Å². The zero-order valence-electron chi connectivity index (χ0n) is 18.9. The van der Waals surface area contributed by atoms with Gasteiger partial charge in [0.25, 0.3) is 11.1 Å². The number of carboxylic acids is 1. The van der Waals surface area contributed by atoms with Crippen LogP contribution >= 0.6 is 0 Å². The summed E-state index contributed by atoms with van der Waals surface area (Å²) in [6.45, 7) is 8.29. The minimum Gasteiger partial charge on any atom is -0.478 e. The van der Waals surface area contributed by atoms with Gasteiger partial charge in [-0.15, -0.1) is 0 Å². The van der Waals surface area contributed by atoms with Gasteiger partial charge in [0.1, 0.15) is 6.33 Å². The second-order valence-corrected chi connectivity index (χ2v) is 8.21. The number of benzene rings is 2. The van der Waals surface area contributed by atoms with Gasteiger partial charge in [0, 0.05) is 12.3 Å². The summed E-state index contributed by atoms with van der Waals surface area (Å²) in [7, 11) is 0. The molecular weight excluding hydrogens is 420 g/mol. The molecular formula is C25H26N4O4. The van der Waals surface area contributed by atoms with Crippen molar-refractivity contribution in [3.63, 3.8) is 0 Å². The summed E-state index contributed by atoms with van der Waals surface area (Å²) < 4.78 is 1.17. The van der Waals surface area contributed by atoms with Crippen molar-refractivity contribution in [1.29, 1.82) is 0 Å². The summed E-state index contributed by atoms with van der Waals surface area (Å²) in [5, 5.41) is 9.73. The first kappa shape index (κ1) is 23.6. The molecule has 4 aromatic rings. The lowest BCUT2D eigenvalue weighted by atomic mass is 10.0. The zero-order valence-corrected chi connectivity index (χ0v) is 18.9. The Morgan fingerprint density at radius 2 is 1.52 bits per heavy atom. The SMILES string of the molecule is CC(C)c1ccc2nc[nH]c(=O)c2c1.CC(C)c1ccc2ncn(C=CC(=O)O)c(=O)c2c1. The van der Waals surface area contributed by atoms with Crippen LogP contribution in [0.5, 0.6) is 0 Å². The van der Waals surface area contributed by atoms with E-state index in [0.29, 0.717) is 28.1 Å². The van der Waals surface area contributed by atoms with Gasteiger partial charge in [-0.05, 0) is 47.2 Å². The number of nitrogens with one attached hydrogen (secondary N) is 1. The molecule has 2 N–H and O–H groups in total. The van der Waals surface area contributed by atoms with E-state index in [1.54, 1.807) is 12.1 Å². The molecule has 0 aliphatic rings. The fraction of sp³-hybridized carbons (Fsp3) is 0.240. The third-order valence-electron chi connectivity index (χ3n) is 5.18. The van der Waals surface area contributed by atoms with E-state index in [1.165, 1.54) is 23.4 Å². The number of hydrogen-bond donors (Lipinski definition) is 2. The van der Waals surface area contributed by atoms with Gasteiger partial charge in [-0.3, -0.25) is 14.2 Å². The summed E-state index contributed by atoms with van der Waals surface area (Å²) in [5.74, 6) is -0.367. The zero-order chi connectivity index (χ0) is 24.1. The third-order valence-corrected chi connectivity index (χ3v) is 5.18. The van der Waals surface area contributed by atoms with E-state index in [1.807, 2.05) is 38.1 Å². The molecule has 8 nitrogen and oxygen atoms in total. The number of H-pyrrole nitrogens is 1. The average molecular weight is 447 g/mol. The second kappa shape index (κ2) is 10.0. The molecule has 0 bridgehead atoms. The van der Waals surface area contributed by atoms with Gasteiger partial charge in [-0.1, -0.05) is 39.8 Å². The summed E-state index contributed by atoms with van der Waals surface area (Å²) in [5.41, 5.74) is 3.22. The number of fused-ring (bicyclic) bond motifs is 2. The van der Waals surface area contributed by atoms with E-state index in [2.05, 4.69) is 28.8 Å². The van der Waals surface area contributed by atoms with E-state index < -0.39 is 5.97 Å². The Bertz CT molecular complexity index is 1450. The molecule has 0 radical (unpaired) electrons. The van der Waals surface area contributed by atoms with Gasteiger partial charge in [0.2, 0.25) is 0 Å². The fourth-order valence-corrected chi connectivity index (χ4v) is 3.21. The normalized spacial score (nSPS) is 11.3. The van der Waals surface area contributed by atoms with Crippen molar-refractivity contribution in [3.05, 3.63) is 87.0 Å². The number of hydrogen-bond acceptors (Lipinski definition) is 5. The summed E-state index contributed by atoms with van der Waals surface area (Å²) in [4.78, 5) is 44.9. The standard InChI is InChI=1S/C14H14N2O3.C11H12N2O/c1-9(2)10-3-4-12-11(7-10)14(19)16(8-15-12)6-5-13(17)18;1-7(2)8-3-4-10-9(5-8)11(14)13-6-12-10/h3-9H,1-2H3,(H,17,18);3-7H,1-2H3,(H,12,13,14). The highest BCUT2D eigenvalue weighted by molar-refractivity contribution is 5.83. The quantitative estimate of drug-likeness (QED) is 0.455. The van der Waals surface area contributed by atoms with E-state index in [-0.39, 0.29) is 11.1 Å². The number of aliphatic carboxylic acids is 1. The molecule has 0 unspecified atom stereocenters. The van der Waals surface area contributed by atoms with Crippen molar-refractivity contribution in [2.45, 2.75) is 39.5 Å². The largest absolute Gasteiger partial charge is 0.478 e. The first-order valence-corrected chi connectivity index (χ1v) is 10.6. The maximum Gasteiger partial charge on any atom is 0.329 e. The molecule has 0 atom stereocenters. The van der Waals surface area contributed by atoms with Gasteiger partial charge in [0.05, 0.1) is 28.1 Å². The van der Waals surface area contributed by atoms with E-state index in [4.69, 9.17) is 5.11 Å². The Morgan fingerprint density at radius 3 is 2.09 bits per heavy atom. The van der Waals surface area contributed by atoms with Crippen molar-refractivity contribution in [1.82, 2.24) is 19.5 Å². The van der Waals surface area contributed by atoms with Crippen molar-refractivity contribution < 1.29 is 9.90 Å². The Kier molecular flexibility index (Phi) is 7.17. The Hall–Kier alpha value is -4.07. The van der Waals surface area contributed by atoms with Gasteiger partial charge >= 0.3 is 5.97 Å². The van der Waals surface area contributed by atoms with Crippen LogP contribution in [0.2, 0.25) is 0 Å². The number of rotatable bonds is 4. The van der Waals surface area contributed by atoms with Crippen LogP contribution in [-0.2, 0) is 4.79 Å². The minimum atomic E-state index is -1.11. The molecule has 170 valence electrons. The maximum atomic E-state index is 12.2. The highest BCUT2D eigenvalue weighted by atomic mass is 16.4. The fourth-order valence-electron chi connectivity index (χ4n) is 3.21. The number of carbonyl (C=O) groups is 1. The van der Waals surface area contributed by atoms with Crippen LogP contribution in [0.25, 0.3) is 28.0 Å². The molecule has 2 heterocycles. The highest BCUT2D eigenvalue weighted by Gasteiger charge is 2.06. The molecule has 0 fully saturated rings. The van der Waals surface area contributed by atoms with Gasteiger partial charge in [-0.25, -0.2) is 14.8 Å². The lowest BCUT2D eigenvalue weighted by molar-refractivity contribution is -0.131. The summed E-state index contributed by atoms with van der Waals surface area (Å²) in [6.07, 6.45) is 4.85. The van der Waals surface area contributed by atoms with Crippen LogP contribution in [0.1, 0.15) is 50.7 Å². The van der Waals surface area contributed by atoms with Crippen LogP contribution < -0.4 is 11.1 Å². The van der Waals surface area contributed by atoms with Gasteiger partial charge in [0.15, 0.2) is 0 Å². The van der Waals surface area contributed by atoms with E-state index in [0.717, 1.165) is 22.7 Å². The lowest BCUT2D eigenvalue weighted by Crippen LogP contribution is -2.16. The molecule has 0 saturated carbocycles. The molecule has 0 saturated heterocycles. The van der Waals surface area contributed by atoms with Gasteiger partial charge in [-0.2, -0.15) is 0 Å². The number of nitrogens with zero attached hydrogens (tertiary/aromatic N) is 3. The molecule has 0 aliphatic heterocycles. The Morgan fingerprint density at radius 1 is 0.939 bits per heavy atom. The predicted octanol–water partition coefficient (Wildman–Crippen LogP) is 4.12. The number of aromatic nitrogens is 4. The minimum absolute atomic E-state index is 0.0718. The van der Waals surface area contributed by atoms with Crippen molar-refractivity contribution in [2.24, 2.45) is 0 Å². The van der Waals surface area contributed by atoms with Crippen LogP contribution in [-0.4, -0.2) is 30.6 Å². The lowest BCUT2D eigenvalue weighted by Gasteiger charge is -2.07. The van der Waals surface area contributed by atoms with Crippen molar-refractivity contribution >= 4 is 34.0 Å². The second-order valence-electron chi connectivity index (χ2n) is 8.21. The molecule has 4 rings (SSSR count). The Labute approximate surface area is 190 Å². The molecule has 33 heavy (non-hydrogen) atoms. The average Bonchev–Trinajstić information content (AvgIpc) is 2.79. The van der Waals surface area contributed by atoms with Crippen LogP contribution in [0.4, 0.5) is 0 Å². The molecule has 2 aromatic carbocycles. The van der Waals surface area contributed by atoms with Crippen LogP contribution in [0, 0.1) is 0 Å². The Balaban J connectivity index is 0.000000194. The summed E-state index contributed by atoms with van der Waals surface area (Å²) in [6, 6.07) is 11.4.